The van der Waals surface area contributed by atoms with Gasteiger partial charge < -0.3 is 20.7 Å². The number of aliphatic hydroxyl groups excluding tert-OH is 2. The number of Topliss-reactive ketones (excluding diaryl/α,β-unsaturated/α-hetero) is 1. The summed E-state index contributed by atoms with van der Waals surface area (Å²) in [7, 11) is 0. The largest absolute Gasteiger partial charge is 0.461 e. The molecule has 0 aromatic rings. The molecule has 0 aromatic carbocycles. The molecule has 7 heteroatoms. The quantitative estimate of drug-likeness (QED) is 0.545. The van der Waals surface area contributed by atoms with Crippen LogP contribution >= 0.6 is 11.8 Å². The van der Waals surface area contributed by atoms with Gasteiger partial charge in [0.1, 0.15) is 11.9 Å². The van der Waals surface area contributed by atoms with Gasteiger partial charge in [-0.25, -0.2) is 0 Å². The molecule has 32 heavy (non-hydrogen) atoms. The summed E-state index contributed by atoms with van der Waals surface area (Å²) in [6, 6.07) is 0.0288. The number of hydrogen-bond donors (Lipinski definition) is 3. The van der Waals surface area contributed by atoms with Crippen LogP contribution in [0.15, 0.2) is 0 Å². The van der Waals surface area contributed by atoms with Crippen LogP contribution < -0.4 is 5.73 Å². The van der Waals surface area contributed by atoms with Crippen LogP contribution in [0.4, 0.5) is 0 Å². The van der Waals surface area contributed by atoms with Crippen LogP contribution in [-0.4, -0.2) is 57.3 Å². The van der Waals surface area contributed by atoms with E-state index in [0.717, 1.165) is 32.1 Å². The Kier molecular flexibility index (Phi) is 6.78. The molecular formula is C25H41NO5S. The summed E-state index contributed by atoms with van der Waals surface area (Å²) in [5.41, 5.74) is 5.27. The molecule has 4 aliphatic carbocycles. The van der Waals surface area contributed by atoms with E-state index in [0.29, 0.717) is 12.8 Å². The summed E-state index contributed by atoms with van der Waals surface area (Å²) in [5.74, 6) is -0.0382. The van der Waals surface area contributed by atoms with E-state index in [2.05, 4.69) is 20.8 Å². The Morgan fingerprint density at radius 3 is 2.59 bits per heavy atom. The molecule has 0 heterocycles. The molecule has 2 bridgehead atoms. The van der Waals surface area contributed by atoms with Crippen LogP contribution in [0.2, 0.25) is 0 Å². The Labute approximate surface area is 196 Å². The zero-order valence-electron chi connectivity index (χ0n) is 20.0. The topological polar surface area (TPSA) is 110 Å². The standard InChI is InChI=1S/C25H41NO5S/c1-13-7-9-25-10-8-17(27)22(25)24(13,4)23(14(2)21(30)15(25)3)31-20(29)12-32-19-6-5-16(26)11-18(19)28/h13-16,18-19,21-23,28,30H,5-12,26H2,1-4H3/t13-,14+,15+,16-,18-,19-,21-,22+,23+,24-,25+/m1/s1. The molecule has 0 aromatic heterocycles. The van der Waals surface area contributed by atoms with Crippen molar-refractivity contribution in [2.45, 2.75) is 102 Å². The molecule has 0 unspecified atom stereocenters. The SMILES string of the molecule is C[C@H]1[C@@H](O)[C@H](C)[C@]23CCC(=O)[C@H]2[C@@](C)([C@H](C)CC3)[C@H]1OC(=O)CS[C@@H]1CC[C@@H](N)C[C@H]1O. The van der Waals surface area contributed by atoms with Gasteiger partial charge in [0.25, 0.3) is 0 Å². The number of aliphatic hydroxyl groups is 2. The first-order valence-corrected chi connectivity index (χ1v) is 13.5. The fraction of sp³-hybridized carbons (Fsp3) is 0.920. The summed E-state index contributed by atoms with van der Waals surface area (Å²) < 4.78 is 6.18. The van der Waals surface area contributed by atoms with E-state index in [9.17, 15) is 19.8 Å². The summed E-state index contributed by atoms with van der Waals surface area (Å²) in [6.07, 6.45) is 3.97. The normalized spacial score (nSPS) is 51.1. The average Bonchev–Trinajstić information content (AvgIpc) is 3.09. The lowest BCUT2D eigenvalue weighted by Gasteiger charge is -2.55. The van der Waals surface area contributed by atoms with Crippen molar-refractivity contribution >= 4 is 23.5 Å². The van der Waals surface area contributed by atoms with Gasteiger partial charge in [-0.05, 0) is 55.8 Å². The van der Waals surface area contributed by atoms with Crippen molar-refractivity contribution in [1.82, 2.24) is 0 Å². The zero-order chi connectivity index (χ0) is 23.4. The fourth-order valence-electron chi connectivity index (χ4n) is 7.92. The van der Waals surface area contributed by atoms with Gasteiger partial charge in [0.05, 0.1) is 18.0 Å². The number of rotatable bonds is 4. The third-order valence-corrected chi connectivity index (χ3v) is 11.4. The molecule has 0 amide bonds. The van der Waals surface area contributed by atoms with Gasteiger partial charge in [-0.1, -0.05) is 27.7 Å². The number of carbonyl (C=O) groups excluding carboxylic acids is 2. The second kappa shape index (κ2) is 8.86. The Morgan fingerprint density at radius 1 is 1.19 bits per heavy atom. The molecule has 0 radical (unpaired) electrons. The predicted octanol–water partition coefficient (Wildman–Crippen LogP) is 2.92. The summed E-state index contributed by atoms with van der Waals surface area (Å²) in [6.45, 7) is 8.40. The Hall–Kier alpha value is -0.630. The Morgan fingerprint density at radius 2 is 1.91 bits per heavy atom. The number of nitrogens with two attached hydrogens (primary N) is 1. The smallest absolute Gasteiger partial charge is 0.316 e. The van der Waals surface area contributed by atoms with Crippen LogP contribution in [0.5, 0.6) is 0 Å². The zero-order valence-corrected chi connectivity index (χ0v) is 20.8. The van der Waals surface area contributed by atoms with Gasteiger partial charge in [0, 0.05) is 35.0 Å². The van der Waals surface area contributed by atoms with E-state index in [1.165, 1.54) is 11.8 Å². The van der Waals surface area contributed by atoms with Crippen molar-refractivity contribution < 1.29 is 24.5 Å². The Balaban J connectivity index is 1.55. The van der Waals surface area contributed by atoms with E-state index in [1.807, 2.05) is 6.92 Å². The van der Waals surface area contributed by atoms with Crippen molar-refractivity contribution in [3.63, 3.8) is 0 Å². The van der Waals surface area contributed by atoms with Crippen LogP contribution in [0.25, 0.3) is 0 Å². The summed E-state index contributed by atoms with van der Waals surface area (Å²) >= 11 is 1.44. The molecule has 4 N–H and O–H groups in total. The lowest BCUT2D eigenvalue weighted by atomic mass is 9.49. The van der Waals surface area contributed by atoms with Gasteiger partial charge in [-0.2, -0.15) is 0 Å². The van der Waals surface area contributed by atoms with Crippen molar-refractivity contribution in [3.05, 3.63) is 0 Å². The molecule has 0 saturated heterocycles. The second-order valence-corrected chi connectivity index (χ2v) is 12.7. The first-order chi connectivity index (χ1) is 15.0. The van der Waals surface area contributed by atoms with Gasteiger partial charge in [0.15, 0.2) is 0 Å². The molecule has 0 spiro atoms. The number of ketones is 1. The monoisotopic (exact) mass is 467 g/mol. The average molecular weight is 468 g/mol. The van der Waals surface area contributed by atoms with Gasteiger partial charge in [0.2, 0.25) is 0 Å². The van der Waals surface area contributed by atoms with E-state index in [1.54, 1.807) is 0 Å². The summed E-state index contributed by atoms with van der Waals surface area (Å²) in [4.78, 5) is 26.3. The number of hydrogen-bond acceptors (Lipinski definition) is 7. The van der Waals surface area contributed by atoms with E-state index < -0.39 is 23.7 Å². The Bertz CT molecular complexity index is 748. The van der Waals surface area contributed by atoms with Crippen LogP contribution in [0, 0.1) is 34.5 Å². The van der Waals surface area contributed by atoms with Crippen LogP contribution in [0.3, 0.4) is 0 Å². The highest BCUT2D eigenvalue weighted by Gasteiger charge is 2.69. The molecule has 11 atom stereocenters. The minimum Gasteiger partial charge on any atom is -0.461 e. The second-order valence-electron chi connectivity index (χ2n) is 11.5. The minimum atomic E-state index is -0.609. The molecule has 6 nitrogen and oxygen atoms in total. The lowest BCUT2D eigenvalue weighted by molar-refractivity contribution is -0.177. The van der Waals surface area contributed by atoms with Crippen LogP contribution in [0.1, 0.15) is 72.6 Å². The number of thioether (sulfide) groups is 1. The van der Waals surface area contributed by atoms with Crippen LogP contribution in [-0.2, 0) is 14.3 Å². The molecule has 0 aliphatic heterocycles. The van der Waals surface area contributed by atoms with Gasteiger partial charge >= 0.3 is 5.97 Å². The highest BCUT2D eigenvalue weighted by Crippen LogP contribution is 2.68. The van der Waals surface area contributed by atoms with Gasteiger partial charge in [-0.3, -0.25) is 9.59 Å². The third-order valence-electron chi connectivity index (χ3n) is 9.98. The van der Waals surface area contributed by atoms with Crippen molar-refractivity contribution in [1.29, 1.82) is 0 Å². The highest BCUT2D eigenvalue weighted by molar-refractivity contribution is 8.00. The van der Waals surface area contributed by atoms with E-state index in [-0.39, 0.29) is 57.9 Å². The molecule has 182 valence electrons. The maximum absolute atomic E-state index is 13.2. The summed E-state index contributed by atoms with van der Waals surface area (Å²) in [5, 5.41) is 21.6. The molecule has 4 aliphatic rings. The fourth-order valence-corrected chi connectivity index (χ4v) is 8.97. The first kappa shape index (κ1) is 24.5. The number of ether oxygens (including phenoxy) is 1. The molecule has 4 rings (SSSR count). The number of carbonyl (C=O) groups is 2. The lowest BCUT2D eigenvalue weighted by Crippen LogP contribution is -2.56. The highest BCUT2D eigenvalue weighted by atomic mass is 32.2. The van der Waals surface area contributed by atoms with Crippen molar-refractivity contribution in [2.24, 2.45) is 40.2 Å². The minimum absolute atomic E-state index is 0.000413. The maximum Gasteiger partial charge on any atom is 0.316 e. The number of esters is 1. The first-order valence-electron chi connectivity index (χ1n) is 12.5. The molecule has 4 saturated carbocycles. The maximum atomic E-state index is 13.2. The van der Waals surface area contributed by atoms with Gasteiger partial charge in [-0.15, -0.1) is 11.8 Å². The van der Waals surface area contributed by atoms with E-state index in [4.69, 9.17) is 10.5 Å². The van der Waals surface area contributed by atoms with Crippen molar-refractivity contribution in [3.8, 4) is 0 Å². The molecular weight excluding hydrogens is 426 g/mol. The molecule has 4 fully saturated rings. The van der Waals surface area contributed by atoms with Crippen molar-refractivity contribution in [2.75, 3.05) is 5.75 Å². The van der Waals surface area contributed by atoms with E-state index >= 15 is 0 Å². The predicted molar refractivity (Wildman–Crippen MR) is 125 cm³/mol. The third kappa shape index (κ3) is 3.75.